The Kier molecular flexibility index (Phi) is 13.7. The van der Waals surface area contributed by atoms with Crippen molar-refractivity contribution in [1.82, 2.24) is 16.0 Å². The summed E-state index contributed by atoms with van der Waals surface area (Å²) in [6, 6.07) is 7.23. The molecule has 29 heavy (non-hydrogen) atoms. The Hall–Kier alpha value is -1.56. The maximum atomic E-state index is 12.1. The molecule has 1 aromatic rings. The van der Waals surface area contributed by atoms with Crippen LogP contribution >= 0.6 is 24.0 Å². The number of benzene rings is 1. The van der Waals surface area contributed by atoms with E-state index in [1.807, 2.05) is 26.0 Å². The van der Waals surface area contributed by atoms with Crippen LogP contribution in [0.1, 0.15) is 37.8 Å². The van der Waals surface area contributed by atoms with E-state index in [4.69, 9.17) is 0 Å². The van der Waals surface area contributed by atoms with Crippen LogP contribution in [0, 0.1) is 0 Å². The molecule has 6 nitrogen and oxygen atoms in total. The summed E-state index contributed by atoms with van der Waals surface area (Å²) in [6.45, 7) is 3.57. The number of ether oxygens (including phenoxy) is 1. The second-order valence-electron chi connectivity index (χ2n) is 6.40. The van der Waals surface area contributed by atoms with Gasteiger partial charge < -0.3 is 20.7 Å². The van der Waals surface area contributed by atoms with Gasteiger partial charge in [-0.3, -0.25) is 9.79 Å². The number of carbonyl (C=O) groups is 1. The number of nitrogens with one attached hydrogen (secondary N) is 3. The summed E-state index contributed by atoms with van der Waals surface area (Å²) < 4.78 is 40.8. The van der Waals surface area contributed by atoms with Crippen molar-refractivity contribution in [2.24, 2.45) is 4.99 Å². The first kappa shape index (κ1) is 27.4. The van der Waals surface area contributed by atoms with Crippen LogP contribution < -0.4 is 16.0 Å². The summed E-state index contributed by atoms with van der Waals surface area (Å²) in [5.41, 5.74) is 1.61. The van der Waals surface area contributed by atoms with Crippen LogP contribution in [0.4, 0.5) is 13.2 Å². The van der Waals surface area contributed by atoms with Gasteiger partial charge in [-0.1, -0.05) is 31.2 Å². The smallest absolute Gasteiger partial charge is 0.367 e. The second-order valence-corrected chi connectivity index (χ2v) is 6.40. The first-order chi connectivity index (χ1) is 13.2. The highest BCUT2D eigenvalue weighted by Crippen LogP contribution is 2.15. The van der Waals surface area contributed by atoms with Crippen molar-refractivity contribution in [3.63, 3.8) is 0 Å². The normalized spacial score (nSPS) is 12.7. The first-order valence-electron chi connectivity index (χ1n) is 9.19. The van der Waals surface area contributed by atoms with Gasteiger partial charge in [-0.15, -0.1) is 24.0 Å². The highest BCUT2D eigenvalue weighted by Gasteiger charge is 2.27. The number of hydrogen-bond donors (Lipinski definition) is 3. The van der Waals surface area contributed by atoms with E-state index in [9.17, 15) is 18.0 Å². The van der Waals surface area contributed by atoms with E-state index in [1.54, 1.807) is 19.2 Å². The lowest BCUT2D eigenvalue weighted by molar-refractivity contribution is -0.176. The molecule has 0 heterocycles. The molecule has 3 N–H and O–H groups in total. The number of halogens is 4. The molecule has 10 heteroatoms. The second kappa shape index (κ2) is 14.4. The highest BCUT2D eigenvalue weighted by molar-refractivity contribution is 14.0. The topological polar surface area (TPSA) is 74.8 Å². The standard InChI is InChI=1S/C19H29F3N4O2.HI/c1-4-14(2)26-17(27)9-10-24-18(23-3)25-11-15-5-7-16(8-6-15)12-28-13-19(20,21)22;/h5-8,14H,4,9-13H2,1-3H3,(H,26,27)(H2,23,24,25);1H. The van der Waals surface area contributed by atoms with Crippen molar-refractivity contribution in [3.8, 4) is 0 Å². The largest absolute Gasteiger partial charge is 0.411 e. The number of rotatable bonds is 10. The summed E-state index contributed by atoms with van der Waals surface area (Å²) in [4.78, 5) is 15.8. The molecule has 0 spiro atoms. The number of aliphatic imine (C=N–C) groups is 1. The third-order valence-corrected chi connectivity index (χ3v) is 3.91. The molecule has 0 fully saturated rings. The minimum atomic E-state index is -4.32. The monoisotopic (exact) mass is 530 g/mol. The maximum Gasteiger partial charge on any atom is 0.411 e. The lowest BCUT2D eigenvalue weighted by Gasteiger charge is -2.14. The van der Waals surface area contributed by atoms with E-state index in [-0.39, 0.29) is 42.5 Å². The van der Waals surface area contributed by atoms with Crippen LogP contribution in [0.15, 0.2) is 29.3 Å². The third-order valence-electron chi connectivity index (χ3n) is 3.91. The molecule has 1 atom stereocenters. The fraction of sp³-hybridized carbons (Fsp3) is 0.579. The molecule has 0 aromatic heterocycles. The number of amides is 1. The molecule has 0 saturated carbocycles. The predicted octanol–water partition coefficient (Wildman–Crippen LogP) is 3.35. The summed E-state index contributed by atoms with van der Waals surface area (Å²) >= 11 is 0. The molecule has 0 aliphatic carbocycles. The average Bonchev–Trinajstić information content (AvgIpc) is 2.64. The summed E-state index contributed by atoms with van der Waals surface area (Å²) in [5.74, 6) is 0.551. The van der Waals surface area contributed by atoms with Crippen LogP contribution in [0.5, 0.6) is 0 Å². The number of hydrogen-bond acceptors (Lipinski definition) is 3. The lowest BCUT2D eigenvalue weighted by Crippen LogP contribution is -2.40. The Bertz CT molecular complexity index is 625. The zero-order chi connectivity index (χ0) is 21.0. The molecule has 0 radical (unpaired) electrons. The van der Waals surface area contributed by atoms with Gasteiger partial charge >= 0.3 is 6.18 Å². The van der Waals surface area contributed by atoms with E-state index in [0.29, 0.717) is 31.0 Å². The zero-order valence-corrected chi connectivity index (χ0v) is 19.3. The molecule has 0 aliphatic rings. The number of guanidine groups is 1. The van der Waals surface area contributed by atoms with Crippen molar-refractivity contribution in [3.05, 3.63) is 35.4 Å². The van der Waals surface area contributed by atoms with Gasteiger partial charge in [0.2, 0.25) is 5.91 Å². The molecule has 1 rings (SSSR count). The minimum absolute atomic E-state index is 0. The molecule has 0 bridgehead atoms. The summed E-state index contributed by atoms with van der Waals surface area (Å²) in [7, 11) is 1.63. The summed E-state index contributed by atoms with van der Waals surface area (Å²) in [5, 5.41) is 9.08. The van der Waals surface area contributed by atoms with Crippen LogP contribution in [-0.4, -0.2) is 44.3 Å². The molecule has 0 aliphatic heterocycles. The number of alkyl halides is 3. The van der Waals surface area contributed by atoms with E-state index >= 15 is 0 Å². The van der Waals surface area contributed by atoms with E-state index in [0.717, 1.165) is 12.0 Å². The van der Waals surface area contributed by atoms with E-state index in [2.05, 4.69) is 25.7 Å². The fourth-order valence-electron chi connectivity index (χ4n) is 2.19. The molecule has 1 amide bonds. The Morgan fingerprint density at radius 3 is 2.34 bits per heavy atom. The van der Waals surface area contributed by atoms with Gasteiger partial charge in [0.25, 0.3) is 0 Å². The van der Waals surface area contributed by atoms with Crippen molar-refractivity contribution < 1.29 is 22.7 Å². The van der Waals surface area contributed by atoms with Gasteiger partial charge in [0.15, 0.2) is 5.96 Å². The molecule has 1 aromatic carbocycles. The third kappa shape index (κ3) is 13.3. The quantitative estimate of drug-likeness (QED) is 0.247. The van der Waals surface area contributed by atoms with Gasteiger partial charge in [0, 0.05) is 32.6 Å². The minimum Gasteiger partial charge on any atom is -0.367 e. The Morgan fingerprint density at radius 1 is 1.17 bits per heavy atom. The van der Waals surface area contributed by atoms with E-state index in [1.165, 1.54) is 0 Å². The van der Waals surface area contributed by atoms with Crippen LogP contribution in [0.3, 0.4) is 0 Å². The maximum absolute atomic E-state index is 12.1. The van der Waals surface area contributed by atoms with Crippen molar-refractivity contribution in [2.75, 3.05) is 20.2 Å². The van der Waals surface area contributed by atoms with Crippen LogP contribution in [0.2, 0.25) is 0 Å². The molecular weight excluding hydrogens is 500 g/mol. The Balaban J connectivity index is 0.00000784. The predicted molar refractivity (Wildman–Crippen MR) is 118 cm³/mol. The van der Waals surface area contributed by atoms with Gasteiger partial charge in [0.05, 0.1) is 6.61 Å². The van der Waals surface area contributed by atoms with Gasteiger partial charge in [-0.05, 0) is 24.5 Å². The van der Waals surface area contributed by atoms with Crippen molar-refractivity contribution in [2.45, 2.75) is 52.1 Å². The Morgan fingerprint density at radius 2 is 1.79 bits per heavy atom. The van der Waals surface area contributed by atoms with Crippen LogP contribution in [0.25, 0.3) is 0 Å². The molecule has 166 valence electrons. The summed E-state index contributed by atoms with van der Waals surface area (Å²) in [6.07, 6.45) is -3.09. The number of carbonyl (C=O) groups excluding carboxylic acids is 1. The zero-order valence-electron chi connectivity index (χ0n) is 16.9. The van der Waals surface area contributed by atoms with Gasteiger partial charge in [0.1, 0.15) is 6.61 Å². The highest BCUT2D eigenvalue weighted by atomic mass is 127. The van der Waals surface area contributed by atoms with E-state index < -0.39 is 12.8 Å². The molecule has 0 saturated heterocycles. The number of nitrogens with zero attached hydrogens (tertiary/aromatic N) is 1. The first-order valence-corrected chi connectivity index (χ1v) is 9.19. The lowest BCUT2D eigenvalue weighted by atomic mass is 10.1. The molecule has 1 unspecified atom stereocenters. The van der Waals surface area contributed by atoms with Gasteiger partial charge in [-0.2, -0.15) is 13.2 Å². The SMILES string of the molecule is CCC(C)NC(=O)CCNC(=NC)NCc1ccc(COCC(F)(F)F)cc1.I. The van der Waals surface area contributed by atoms with Crippen molar-refractivity contribution in [1.29, 1.82) is 0 Å². The van der Waals surface area contributed by atoms with Crippen LogP contribution in [-0.2, 0) is 22.7 Å². The average molecular weight is 530 g/mol. The van der Waals surface area contributed by atoms with Gasteiger partial charge in [-0.25, -0.2) is 0 Å². The Labute approximate surface area is 187 Å². The molecular formula is C19H30F3IN4O2. The van der Waals surface area contributed by atoms with Crippen molar-refractivity contribution >= 4 is 35.8 Å². The fourth-order valence-corrected chi connectivity index (χ4v) is 2.19.